The molecule has 9 nitrogen and oxygen atoms in total. The highest BCUT2D eigenvalue weighted by Crippen LogP contribution is 2.46. The largest absolute Gasteiger partial charge is 0.493 e. The molecule has 2 fully saturated rings. The Hall–Kier alpha value is -2.20. The molecule has 0 heterocycles. The molecular weight excluding hydrogens is 560 g/mol. The summed E-state index contributed by atoms with van der Waals surface area (Å²) in [6, 6.07) is 4.58. The van der Waals surface area contributed by atoms with E-state index in [1.54, 1.807) is 25.3 Å². The number of hydrogen-bond acceptors (Lipinski definition) is 8. The summed E-state index contributed by atoms with van der Waals surface area (Å²) in [6.07, 6.45) is 6.57. The number of hydrogen-bond donors (Lipinski definition) is 4. The first-order valence-corrected chi connectivity index (χ1v) is 16.8. The Morgan fingerprint density at radius 1 is 1.16 bits per heavy atom. The highest BCUT2D eigenvalue weighted by molar-refractivity contribution is 5.97. The lowest BCUT2D eigenvalue weighted by Gasteiger charge is -2.47. The van der Waals surface area contributed by atoms with Crippen LogP contribution in [-0.2, 0) is 9.53 Å². The molecule has 2 aliphatic rings. The van der Waals surface area contributed by atoms with Crippen LogP contribution in [0.2, 0.25) is 0 Å². The van der Waals surface area contributed by atoms with E-state index in [0.717, 1.165) is 38.5 Å². The summed E-state index contributed by atoms with van der Waals surface area (Å²) in [5.41, 5.74) is 6.42. The van der Waals surface area contributed by atoms with Crippen LogP contribution >= 0.6 is 0 Å². The van der Waals surface area contributed by atoms with Crippen molar-refractivity contribution in [2.45, 2.75) is 129 Å². The average molecular weight is 619 g/mol. The number of carbonyl (C=O) groups excluding carboxylic acids is 2. The van der Waals surface area contributed by atoms with E-state index in [1.165, 1.54) is 6.92 Å². The maximum absolute atomic E-state index is 13.3. The van der Waals surface area contributed by atoms with Crippen LogP contribution in [0, 0.1) is 23.7 Å². The van der Waals surface area contributed by atoms with Crippen LogP contribution in [0.15, 0.2) is 18.2 Å². The third-order valence-electron chi connectivity index (χ3n) is 9.78. The summed E-state index contributed by atoms with van der Waals surface area (Å²) in [5, 5.41) is 25.3. The lowest BCUT2D eigenvalue weighted by molar-refractivity contribution is -0.128. The number of carbonyl (C=O) groups is 2. The van der Waals surface area contributed by atoms with Gasteiger partial charge in [0.1, 0.15) is 17.6 Å². The maximum atomic E-state index is 13.3. The zero-order valence-corrected chi connectivity index (χ0v) is 27.8. The van der Waals surface area contributed by atoms with E-state index in [4.69, 9.17) is 19.9 Å². The van der Waals surface area contributed by atoms with Crippen molar-refractivity contribution in [2.24, 2.45) is 29.4 Å². The summed E-state index contributed by atoms with van der Waals surface area (Å²) in [7, 11) is 1.63. The zero-order valence-electron chi connectivity index (χ0n) is 27.8. The van der Waals surface area contributed by atoms with E-state index in [2.05, 4.69) is 5.32 Å². The van der Waals surface area contributed by atoms with Gasteiger partial charge in [-0.05, 0) is 82.3 Å². The van der Waals surface area contributed by atoms with Crippen molar-refractivity contribution in [2.75, 3.05) is 20.3 Å². The number of Topliss-reactive ketones (excluding diaryl/α,β-unsaturated/α-hetero) is 1. The molecule has 1 aromatic rings. The van der Waals surface area contributed by atoms with Crippen molar-refractivity contribution in [3.63, 3.8) is 0 Å². The average Bonchev–Trinajstić information content (AvgIpc) is 2.96. The van der Waals surface area contributed by atoms with Gasteiger partial charge >= 0.3 is 0 Å². The molecule has 44 heavy (non-hydrogen) atoms. The molecule has 2 aliphatic carbocycles. The number of nitrogens with one attached hydrogen (secondary N) is 1. The fourth-order valence-electron chi connectivity index (χ4n) is 7.04. The Bertz CT molecular complexity index is 1070. The Morgan fingerprint density at radius 2 is 1.91 bits per heavy atom. The second kappa shape index (κ2) is 16.9. The summed E-state index contributed by atoms with van der Waals surface area (Å²) < 4.78 is 17.3. The molecule has 2 saturated carbocycles. The number of ether oxygens (including phenoxy) is 3. The number of fused-ring (bicyclic) bond motifs is 2. The van der Waals surface area contributed by atoms with Gasteiger partial charge in [0.2, 0.25) is 5.91 Å². The SMILES string of the molecule is CC[C@H](C[C@H](O)[C@@H](N)C[C@H](Oc1ccc(C(C)=O)c(OCCCOC)c1)C(C)C)C(=O)NC(C)C1CC2CCCC(O)(C2)C1. The third-order valence-corrected chi connectivity index (χ3v) is 9.78. The quantitative estimate of drug-likeness (QED) is 0.133. The second-order valence-electron chi connectivity index (χ2n) is 13.8. The molecule has 1 aromatic carbocycles. The highest BCUT2D eigenvalue weighted by atomic mass is 16.5. The molecule has 4 unspecified atom stereocenters. The number of nitrogens with two attached hydrogens (primary N) is 1. The molecule has 1 amide bonds. The summed E-state index contributed by atoms with van der Waals surface area (Å²) >= 11 is 0. The van der Waals surface area contributed by atoms with Crippen molar-refractivity contribution in [3.8, 4) is 11.5 Å². The third kappa shape index (κ3) is 10.4. The van der Waals surface area contributed by atoms with Gasteiger partial charge < -0.3 is 35.5 Å². The Kier molecular flexibility index (Phi) is 13.9. The van der Waals surface area contributed by atoms with E-state index in [9.17, 15) is 19.8 Å². The molecule has 0 spiro atoms. The van der Waals surface area contributed by atoms with Crippen molar-refractivity contribution >= 4 is 11.7 Å². The smallest absolute Gasteiger partial charge is 0.223 e. The molecule has 0 aliphatic heterocycles. The molecule has 0 radical (unpaired) electrons. The van der Waals surface area contributed by atoms with Crippen LogP contribution in [0.3, 0.4) is 0 Å². The number of amides is 1. The summed E-state index contributed by atoms with van der Waals surface area (Å²) in [4.78, 5) is 25.5. The van der Waals surface area contributed by atoms with Crippen molar-refractivity contribution in [3.05, 3.63) is 23.8 Å². The van der Waals surface area contributed by atoms with Crippen molar-refractivity contribution < 1.29 is 34.0 Å². The van der Waals surface area contributed by atoms with Gasteiger partial charge in [-0.1, -0.05) is 33.6 Å². The summed E-state index contributed by atoms with van der Waals surface area (Å²) in [5.74, 6) is 1.42. The molecule has 0 saturated heterocycles. The summed E-state index contributed by atoms with van der Waals surface area (Å²) in [6.45, 7) is 10.6. The highest BCUT2D eigenvalue weighted by Gasteiger charge is 2.43. The predicted molar refractivity (Wildman–Crippen MR) is 172 cm³/mol. The minimum Gasteiger partial charge on any atom is -0.493 e. The van der Waals surface area contributed by atoms with Gasteiger partial charge in [-0.15, -0.1) is 0 Å². The topological polar surface area (TPSA) is 140 Å². The maximum Gasteiger partial charge on any atom is 0.223 e. The Balaban J connectivity index is 1.57. The molecule has 5 N–H and O–H groups in total. The van der Waals surface area contributed by atoms with Gasteiger partial charge in [0.15, 0.2) is 5.78 Å². The molecule has 2 bridgehead atoms. The molecule has 3 rings (SSSR count). The number of benzene rings is 1. The van der Waals surface area contributed by atoms with Gasteiger partial charge in [-0.3, -0.25) is 9.59 Å². The van der Waals surface area contributed by atoms with E-state index in [0.29, 0.717) is 55.5 Å². The zero-order chi connectivity index (χ0) is 32.4. The fraction of sp³-hybridized carbons (Fsp3) is 0.771. The van der Waals surface area contributed by atoms with Gasteiger partial charge in [-0.2, -0.15) is 0 Å². The molecule has 250 valence electrons. The monoisotopic (exact) mass is 618 g/mol. The van der Waals surface area contributed by atoms with E-state index in [1.807, 2.05) is 27.7 Å². The Labute approximate surface area is 264 Å². The predicted octanol–water partition coefficient (Wildman–Crippen LogP) is 5.04. The fourth-order valence-corrected chi connectivity index (χ4v) is 7.04. The van der Waals surface area contributed by atoms with Gasteiger partial charge in [0, 0.05) is 50.6 Å². The lowest BCUT2D eigenvalue weighted by atomic mass is 9.64. The number of aliphatic hydroxyl groups is 2. The van der Waals surface area contributed by atoms with Gasteiger partial charge in [0.05, 0.1) is 23.9 Å². The van der Waals surface area contributed by atoms with Crippen LogP contribution in [0.5, 0.6) is 11.5 Å². The van der Waals surface area contributed by atoms with Crippen LogP contribution in [0.25, 0.3) is 0 Å². The van der Waals surface area contributed by atoms with Crippen molar-refractivity contribution in [1.82, 2.24) is 5.32 Å². The number of methoxy groups -OCH3 is 1. The van der Waals surface area contributed by atoms with E-state index in [-0.39, 0.29) is 48.0 Å². The van der Waals surface area contributed by atoms with Crippen LogP contribution in [0.1, 0.15) is 109 Å². The van der Waals surface area contributed by atoms with Crippen LogP contribution in [-0.4, -0.2) is 72.1 Å². The van der Waals surface area contributed by atoms with Gasteiger partial charge in [-0.25, -0.2) is 0 Å². The molecule has 0 aromatic heterocycles. The number of rotatable bonds is 18. The lowest BCUT2D eigenvalue weighted by Crippen LogP contribution is -2.50. The van der Waals surface area contributed by atoms with E-state index >= 15 is 0 Å². The van der Waals surface area contributed by atoms with Crippen molar-refractivity contribution in [1.29, 1.82) is 0 Å². The van der Waals surface area contributed by atoms with Crippen LogP contribution in [0.4, 0.5) is 0 Å². The first kappa shape index (κ1) is 36.3. The first-order valence-electron chi connectivity index (χ1n) is 16.8. The normalized spacial score (nSPS) is 25.0. The Morgan fingerprint density at radius 3 is 2.55 bits per heavy atom. The minimum atomic E-state index is -0.875. The van der Waals surface area contributed by atoms with E-state index < -0.39 is 17.7 Å². The molecular formula is C35H58N2O7. The minimum absolute atomic E-state index is 0.0308. The first-order chi connectivity index (χ1) is 20.9. The second-order valence-corrected chi connectivity index (χ2v) is 13.8. The van der Waals surface area contributed by atoms with Gasteiger partial charge in [0.25, 0.3) is 0 Å². The standard InChI is InChI=1S/C35H58N2O7/c1-7-26(34(40)37-23(4)27-16-25-10-8-13-35(41,20-25)21-27)17-31(39)30(36)19-32(22(2)3)44-28-11-12-29(24(5)38)33(18-28)43-15-9-14-42-6/h11-12,18,22-23,25-27,30-32,39,41H,7-10,13-17,19-21,36H2,1-6H3,(H,37,40)/t23?,25?,26-,27?,30+,31+,32+,35?/m1/s1. The van der Waals surface area contributed by atoms with Crippen LogP contribution < -0.4 is 20.5 Å². The molecule has 9 heteroatoms. The number of aliphatic hydroxyl groups excluding tert-OH is 1. The molecule has 8 atom stereocenters. The number of ketones is 1.